The quantitative estimate of drug-likeness (QED) is 0.0449. The molecule has 1 radical (unpaired) electrons. The number of para-hydroxylation sites is 3. The average Bonchev–Trinajstić information content (AvgIpc) is 3.05. The molecule has 3 N–H and O–H groups in total. The Morgan fingerprint density at radius 2 is 1.45 bits per heavy atom. The first-order valence-corrected chi connectivity index (χ1v) is 13.9. The van der Waals surface area contributed by atoms with E-state index in [9.17, 15) is 5.11 Å². The standard InChI is InChI=1S/C20H18N4O3.C7H13N5.2C2H6.Cu/c1-26-27-19-14-8-6-12-17(19)22-24-20(15-9-3-2-4-10-15)23-21-16-11-5-7-13-18(16)25;1-5-9-6(8-2)11-7(10-5)12(3)4;2*1-2;/h2-14,22,25H,1H3;1-4H3,(H,8,9,10,11);2*1-2H3;/b23-21?,24-20-;;;;. The normalized spacial score (nSPS) is 9.98. The summed E-state index contributed by atoms with van der Waals surface area (Å²) in [6.45, 7) is 9.84. The number of hydrazone groups is 1. The molecule has 1 aromatic heterocycles. The number of hydrogen-bond acceptors (Lipinski definition) is 11. The number of nitrogens with one attached hydrogen (secondary N) is 2. The molecular weight excluding hydrogens is 610 g/mol. The van der Waals surface area contributed by atoms with Crippen molar-refractivity contribution in [1.82, 2.24) is 15.0 Å². The van der Waals surface area contributed by atoms with Gasteiger partial charge in [0, 0.05) is 43.8 Å². The minimum atomic E-state index is 0. The molecule has 0 atom stereocenters. The summed E-state index contributed by atoms with van der Waals surface area (Å²) in [5.41, 5.74) is 4.63. The van der Waals surface area contributed by atoms with Crippen LogP contribution in [0.25, 0.3) is 0 Å². The maximum atomic E-state index is 9.86. The Morgan fingerprint density at radius 3 is 2.07 bits per heavy atom. The molecule has 4 rings (SSSR count). The predicted octanol–water partition coefficient (Wildman–Crippen LogP) is 7.23. The van der Waals surface area contributed by atoms with Gasteiger partial charge >= 0.3 is 0 Å². The molecule has 0 bridgehead atoms. The molecule has 0 amide bonds. The zero-order chi connectivity index (χ0) is 32.0. The van der Waals surface area contributed by atoms with Gasteiger partial charge in [-0.05, 0) is 31.2 Å². The first-order chi connectivity index (χ1) is 20.9. The Bertz CT molecular complexity index is 1410. The van der Waals surface area contributed by atoms with Crippen molar-refractivity contribution in [2.75, 3.05) is 43.9 Å². The zero-order valence-electron chi connectivity index (χ0n) is 26.7. The molecule has 1 heterocycles. The molecule has 0 saturated carbocycles. The van der Waals surface area contributed by atoms with E-state index in [2.05, 4.69) is 41.0 Å². The first kappa shape index (κ1) is 39.4. The number of phenolic OH excluding ortho intramolecular Hbond substituents is 1. The van der Waals surface area contributed by atoms with Crippen molar-refractivity contribution >= 4 is 29.1 Å². The maximum absolute atomic E-state index is 9.86. The smallest absolute Gasteiger partial charge is 0.229 e. The van der Waals surface area contributed by atoms with Crippen molar-refractivity contribution in [3.63, 3.8) is 0 Å². The Balaban J connectivity index is 0.000000915. The third-order valence-corrected chi connectivity index (χ3v) is 4.87. The summed E-state index contributed by atoms with van der Waals surface area (Å²) in [5.74, 6) is 2.86. The van der Waals surface area contributed by atoms with Crippen LogP contribution in [0.15, 0.2) is 94.2 Å². The van der Waals surface area contributed by atoms with Gasteiger partial charge in [0.05, 0.1) is 7.11 Å². The third-order valence-electron chi connectivity index (χ3n) is 4.87. The molecule has 12 nitrogen and oxygen atoms in total. The monoisotopic (exact) mass is 652 g/mol. The fourth-order valence-electron chi connectivity index (χ4n) is 3.00. The minimum absolute atomic E-state index is 0. The number of aromatic hydroxyl groups is 1. The van der Waals surface area contributed by atoms with Gasteiger partial charge in [-0.2, -0.15) is 24.9 Å². The fraction of sp³-hybridized carbons (Fsp3) is 0.290. The van der Waals surface area contributed by atoms with Gasteiger partial charge in [-0.3, -0.25) is 5.43 Å². The Morgan fingerprint density at radius 1 is 0.841 bits per heavy atom. The van der Waals surface area contributed by atoms with Crippen LogP contribution in [0.4, 0.5) is 23.3 Å². The molecule has 4 aromatic rings. The van der Waals surface area contributed by atoms with Gasteiger partial charge < -0.3 is 20.2 Å². The molecule has 3 aromatic carbocycles. The summed E-state index contributed by atoms with van der Waals surface area (Å²) >= 11 is 0. The third kappa shape index (κ3) is 13.6. The van der Waals surface area contributed by atoms with E-state index in [1.807, 2.05) is 96.1 Å². The van der Waals surface area contributed by atoms with Gasteiger partial charge in [-0.25, -0.2) is 0 Å². The second kappa shape index (κ2) is 22.9. The van der Waals surface area contributed by atoms with E-state index >= 15 is 0 Å². The molecular formula is C31H43CuN9O3. The molecule has 241 valence electrons. The molecule has 0 fully saturated rings. The van der Waals surface area contributed by atoms with Crippen LogP contribution in [0.2, 0.25) is 0 Å². The van der Waals surface area contributed by atoms with Gasteiger partial charge in [0.25, 0.3) is 0 Å². The number of benzene rings is 3. The van der Waals surface area contributed by atoms with Crippen LogP contribution in [0, 0.1) is 6.92 Å². The molecule has 0 spiro atoms. The van der Waals surface area contributed by atoms with Crippen molar-refractivity contribution in [2.24, 2.45) is 15.3 Å². The maximum Gasteiger partial charge on any atom is 0.229 e. The van der Waals surface area contributed by atoms with Crippen LogP contribution in [-0.2, 0) is 22.0 Å². The van der Waals surface area contributed by atoms with Gasteiger partial charge in [-0.1, -0.05) is 82.3 Å². The second-order valence-corrected chi connectivity index (χ2v) is 8.00. The number of hydrogen-bond donors (Lipinski definition) is 3. The number of nitrogens with zero attached hydrogens (tertiary/aromatic N) is 7. The van der Waals surface area contributed by atoms with E-state index < -0.39 is 0 Å². The zero-order valence-corrected chi connectivity index (χ0v) is 27.6. The van der Waals surface area contributed by atoms with E-state index in [1.54, 1.807) is 43.4 Å². The number of aromatic nitrogens is 3. The van der Waals surface area contributed by atoms with Crippen molar-refractivity contribution in [3.05, 3.63) is 90.3 Å². The number of aryl methyl sites for hydroxylation is 1. The topological polar surface area (TPSA) is 142 Å². The Kier molecular flexibility index (Phi) is 20.6. The second-order valence-electron chi connectivity index (χ2n) is 8.00. The van der Waals surface area contributed by atoms with Crippen molar-refractivity contribution < 1.29 is 32.0 Å². The Labute approximate surface area is 271 Å². The van der Waals surface area contributed by atoms with Gasteiger partial charge in [-0.15, -0.1) is 10.2 Å². The summed E-state index contributed by atoms with van der Waals surface area (Å²) in [5, 5.41) is 25.4. The molecule has 0 aliphatic carbocycles. The summed E-state index contributed by atoms with van der Waals surface area (Å²) in [6.07, 6.45) is 0. The fourth-order valence-corrected chi connectivity index (χ4v) is 3.00. The molecule has 0 aliphatic heterocycles. The van der Waals surface area contributed by atoms with Gasteiger partial charge in [0.15, 0.2) is 5.75 Å². The number of amidine groups is 1. The summed E-state index contributed by atoms with van der Waals surface area (Å²) < 4.78 is 0. The van der Waals surface area contributed by atoms with E-state index in [0.717, 1.165) is 11.4 Å². The molecule has 44 heavy (non-hydrogen) atoms. The Hall–Kier alpha value is -4.58. The summed E-state index contributed by atoms with van der Waals surface area (Å²) in [7, 11) is 7.01. The van der Waals surface area contributed by atoms with Crippen molar-refractivity contribution in [1.29, 1.82) is 0 Å². The average molecular weight is 653 g/mol. The van der Waals surface area contributed by atoms with Crippen LogP contribution in [0.5, 0.6) is 11.5 Å². The molecule has 0 unspecified atom stereocenters. The van der Waals surface area contributed by atoms with E-state index in [0.29, 0.717) is 34.9 Å². The van der Waals surface area contributed by atoms with E-state index in [4.69, 9.17) is 9.78 Å². The molecule has 13 heteroatoms. The molecule has 0 saturated heterocycles. The number of phenols is 1. The van der Waals surface area contributed by atoms with Crippen LogP contribution in [0.3, 0.4) is 0 Å². The number of azo groups is 1. The van der Waals surface area contributed by atoms with Crippen LogP contribution < -0.4 is 20.5 Å². The number of rotatable bonds is 8. The predicted molar refractivity (Wildman–Crippen MR) is 174 cm³/mol. The first-order valence-electron chi connectivity index (χ1n) is 13.9. The summed E-state index contributed by atoms with van der Waals surface area (Å²) in [4.78, 5) is 24.0. The van der Waals surface area contributed by atoms with E-state index in [-0.39, 0.29) is 22.8 Å². The van der Waals surface area contributed by atoms with E-state index in [1.165, 1.54) is 7.11 Å². The largest absolute Gasteiger partial charge is 0.506 e. The number of anilines is 3. The van der Waals surface area contributed by atoms with Crippen LogP contribution >= 0.6 is 0 Å². The van der Waals surface area contributed by atoms with Crippen LogP contribution in [0.1, 0.15) is 39.1 Å². The van der Waals surface area contributed by atoms with Gasteiger partial charge in [0.1, 0.15) is 22.9 Å². The minimum Gasteiger partial charge on any atom is -0.506 e. The van der Waals surface area contributed by atoms with Crippen LogP contribution in [-0.4, -0.2) is 54.1 Å². The van der Waals surface area contributed by atoms with Gasteiger partial charge in [0.2, 0.25) is 17.7 Å². The SMILES string of the molecule is CC.CC.CNc1nc(C)nc(N(C)C)n1.COOc1ccccc1N/N=C(\N=Nc1ccccc1O)c1ccccc1.[Cu]. The molecule has 0 aliphatic rings. The van der Waals surface area contributed by atoms with Crippen molar-refractivity contribution in [2.45, 2.75) is 34.6 Å². The van der Waals surface area contributed by atoms with Crippen molar-refractivity contribution in [3.8, 4) is 11.5 Å². The summed E-state index contributed by atoms with van der Waals surface area (Å²) in [6, 6.07) is 23.3.